The number of aliphatic hydroxyl groups is 1. The quantitative estimate of drug-likeness (QED) is 0.387. The van der Waals surface area contributed by atoms with Gasteiger partial charge in [-0.1, -0.05) is 48.0 Å². The van der Waals surface area contributed by atoms with Crippen molar-refractivity contribution < 1.29 is 18.3 Å². The number of benzene rings is 3. The average Bonchev–Trinajstić information content (AvgIpc) is 2.77. The van der Waals surface area contributed by atoms with Gasteiger partial charge in [0, 0.05) is 17.1 Å². The summed E-state index contributed by atoms with van der Waals surface area (Å²) in [6.45, 7) is 1.02. The van der Waals surface area contributed by atoms with Crippen LogP contribution in [0.1, 0.15) is 27.6 Å². The molecule has 30 heavy (non-hydrogen) atoms. The van der Waals surface area contributed by atoms with Gasteiger partial charge in [-0.05, 0) is 60.5 Å². The third kappa shape index (κ3) is 5.55. The SMILES string of the molecule is O=Cc1cccc(S(=O)(=O)c2ccc(CCNC[C@@H](O)c3cccc(Cl)c3)cc2)c1. The first-order valence-electron chi connectivity index (χ1n) is 9.43. The van der Waals surface area contributed by atoms with Gasteiger partial charge in [0.15, 0.2) is 0 Å². The molecule has 0 aromatic heterocycles. The van der Waals surface area contributed by atoms with E-state index in [4.69, 9.17) is 11.6 Å². The predicted octanol–water partition coefficient (Wildman–Crippen LogP) is 3.85. The molecule has 0 amide bonds. The van der Waals surface area contributed by atoms with Crippen molar-refractivity contribution >= 4 is 27.7 Å². The molecule has 156 valence electrons. The van der Waals surface area contributed by atoms with Crippen LogP contribution >= 0.6 is 11.6 Å². The Balaban J connectivity index is 1.56. The highest BCUT2D eigenvalue weighted by Gasteiger charge is 2.17. The summed E-state index contributed by atoms with van der Waals surface area (Å²) in [5.41, 5.74) is 2.04. The molecule has 0 saturated heterocycles. The molecule has 0 saturated carbocycles. The van der Waals surface area contributed by atoms with Crippen LogP contribution in [-0.2, 0) is 16.3 Å². The van der Waals surface area contributed by atoms with Crippen molar-refractivity contribution in [2.75, 3.05) is 13.1 Å². The Morgan fingerprint density at radius 3 is 2.40 bits per heavy atom. The second-order valence-electron chi connectivity index (χ2n) is 6.86. The van der Waals surface area contributed by atoms with Crippen LogP contribution in [0.25, 0.3) is 0 Å². The van der Waals surface area contributed by atoms with E-state index in [0.29, 0.717) is 36.4 Å². The van der Waals surface area contributed by atoms with Crippen LogP contribution in [0.3, 0.4) is 0 Å². The standard InChI is InChI=1S/C23H22ClNO4S/c24-20-5-2-4-19(14-20)23(27)15-25-12-11-17-7-9-21(10-8-17)30(28,29)22-6-1-3-18(13-22)16-26/h1-10,13-14,16,23,25,27H,11-12,15H2/t23-/m1/s1. The van der Waals surface area contributed by atoms with Gasteiger partial charge in [-0.15, -0.1) is 0 Å². The van der Waals surface area contributed by atoms with Gasteiger partial charge in [-0.25, -0.2) is 8.42 Å². The minimum atomic E-state index is -3.68. The first-order valence-corrected chi connectivity index (χ1v) is 11.3. The van der Waals surface area contributed by atoms with Crippen LogP contribution in [0.15, 0.2) is 82.6 Å². The second kappa shape index (κ2) is 10.00. The summed E-state index contributed by atoms with van der Waals surface area (Å²) in [4.78, 5) is 11.2. The van der Waals surface area contributed by atoms with Gasteiger partial charge in [0.05, 0.1) is 15.9 Å². The van der Waals surface area contributed by atoms with Gasteiger partial charge < -0.3 is 10.4 Å². The first-order chi connectivity index (χ1) is 14.4. The van der Waals surface area contributed by atoms with Crippen LogP contribution in [0.2, 0.25) is 5.02 Å². The molecule has 0 unspecified atom stereocenters. The fourth-order valence-corrected chi connectivity index (χ4v) is 4.54. The summed E-state index contributed by atoms with van der Waals surface area (Å²) in [7, 11) is -3.68. The highest BCUT2D eigenvalue weighted by molar-refractivity contribution is 7.91. The van der Waals surface area contributed by atoms with Gasteiger partial charge >= 0.3 is 0 Å². The average molecular weight is 444 g/mol. The highest BCUT2D eigenvalue weighted by Crippen LogP contribution is 2.22. The summed E-state index contributed by atoms with van der Waals surface area (Å²) >= 11 is 5.94. The zero-order valence-electron chi connectivity index (χ0n) is 16.2. The zero-order valence-corrected chi connectivity index (χ0v) is 17.7. The molecule has 3 rings (SSSR count). The molecule has 3 aromatic rings. The number of carbonyl (C=O) groups excluding carboxylic acids is 1. The van der Waals surface area contributed by atoms with E-state index in [0.717, 1.165) is 11.1 Å². The topological polar surface area (TPSA) is 83.5 Å². The van der Waals surface area contributed by atoms with E-state index in [1.54, 1.807) is 54.6 Å². The summed E-state index contributed by atoms with van der Waals surface area (Å²) in [5.74, 6) is 0. The zero-order chi connectivity index (χ0) is 21.6. The van der Waals surface area contributed by atoms with E-state index in [2.05, 4.69) is 5.32 Å². The Morgan fingerprint density at radius 1 is 0.967 bits per heavy atom. The number of aldehydes is 1. The van der Waals surface area contributed by atoms with Crippen LogP contribution in [0.4, 0.5) is 0 Å². The second-order valence-corrected chi connectivity index (χ2v) is 9.25. The van der Waals surface area contributed by atoms with Crippen molar-refractivity contribution in [3.63, 3.8) is 0 Å². The molecule has 0 fully saturated rings. The molecule has 0 aliphatic rings. The van der Waals surface area contributed by atoms with Crippen molar-refractivity contribution in [3.05, 3.63) is 94.5 Å². The lowest BCUT2D eigenvalue weighted by Gasteiger charge is -2.12. The van der Waals surface area contributed by atoms with E-state index in [1.807, 2.05) is 6.07 Å². The van der Waals surface area contributed by atoms with Crippen molar-refractivity contribution in [3.8, 4) is 0 Å². The number of hydrogen-bond donors (Lipinski definition) is 2. The lowest BCUT2D eigenvalue weighted by molar-refractivity contribution is 0.112. The molecule has 0 spiro atoms. The van der Waals surface area contributed by atoms with E-state index >= 15 is 0 Å². The lowest BCUT2D eigenvalue weighted by atomic mass is 10.1. The Bertz CT molecular complexity index is 1110. The van der Waals surface area contributed by atoms with Gasteiger partial charge in [-0.3, -0.25) is 4.79 Å². The van der Waals surface area contributed by atoms with E-state index in [-0.39, 0.29) is 9.79 Å². The van der Waals surface area contributed by atoms with Crippen LogP contribution in [-0.4, -0.2) is 32.9 Å². The third-order valence-electron chi connectivity index (χ3n) is 4.70. The Morgan fingerprint density at radius 2 is 1.70 bits per heavy atom. The molecule has 5 nitrogen and oxygen atoms in total. The maximum atomic E-state index is 12.7. The van der Waals surface area contributed by atoms with Crippen LogP contribution in [0.5, 0.6) is 0 Å². The summed E-state index contributed by atoms with van der Waals surface area (Å²) in [5, 5.41) is 14.0. The van der Waals surface area contributed by atoms with Crippen LogP contribution in [0, 0.1) is 0 Å². The molecule has 0 aliphatic carbocycles. The molecule has 0 aliphatic heterocycles. The summed E-state index contributed by atoms with van der Waals surface area (Å²) < 4.78 is 25.5. The molecular formula is C23H22ClNO4S. The van der Waals surface area contributed by atoms with Crippen LogP contribution < -0.4 is 5.32 Å². The van der Waals surface area contributed by atoms with Crippen molar-refractivity contribution in [2.24, 2.45) is 0 Å². The first kappa shape index (κ1) is 22.2. The van der Waals surface area contributed by atoms with Gasteiger partial charge in [-0.2, -0.15) is 0 Å². The number of aliphatic hydroxyl groups excluding tert-OH is 1. The third-order valence-corrected chi connectivity index (χ3v) is 6.70. The minimum Gasteiger partial charge on any atom is -0.387 e. The van der Waals surface area contributed by atoms with Crippen molar-refractivity contribution in [1.82, 2.24) is 5.32 Å². The van der Waals surface area contributed by atoms with Crippen molar-refractivity contribution in [1.29, 1.82) is 0 Å². The van der Waals surface area contributed by atoms with Gasteiger partial charge in [0.25, 0.3) is 0 Å². The number of nitrogens with one attached hydrogen (secondary N) is 1. The molecule has 1 atom stereocenters. The Hall–Kier alpha value is -2.51. The van der Waals surface area contributed by atoms with E-state index in [9.17, 15) is 18.3 Å². The molecule has 0 bridgehead atoms. The normalized spacial score (nSPS) is 12.5. The number of carbonyl (C=O) groups is 1. The van der Waals surface area contributed by atoms with Gasteiger partial charge in [0.2, 0.25) is 9.84 Å². The van der Waals surface area contributed by atoms with Gasteiger partial charge in [0.1, 0.15) is 6.29 Å². The molecular weight excluding hydrogens is 422 g/mol. The molecule has 7 heteroatoms. The number of halogens is 1. The minimum absolute atomic E-state index is 0.0940. The fourth-order valence-electron chi connectivity index (χ4n) is 3.03. The number of rotatable bonds is 9. The van der Waals surface area contributed by atoms with Crippen molar-refractivity contribution in [2.45, 2.75) is 22.3 Å². The largest absolute Gasteiger partial charge is 0.387 e. The number of sulfone groups is 1. The van der Waals surface area contributed by atoms with E-state index in [1.165, 1.54) is 12.1 Å². The maximum Gasteiger partial charge on any atom is 0.206 e. The lowest BCUT2D eigenvalue weighted by Crippen LogP contribution is -2.23. The highest BCUT2D eigenvalue weighted by atomic mass is 35.5. The maximum absolute atomic E-state index is 12.7. The molecule has 3 aromatic carbocycles. The molecule has 0 heterocycles. The summed E-state index contributed by atoms with van der Waals surface area (Å²) in [6, 6.07) is 19.7. The fraction of sp³-hybridized carbons (Fsp3) is 0.174. The molecule has 2 N–H and O–H groups in total. The Labute approximate surface area is 181 Å². The number of hydrogen-bond acceptors (Lipinski definition) is 5. The monoisotopic (exact) mass is 443 g/mol. The smallest absolute Gasteiger partial charge is 0.206 e. The predicted molar refractivity (Wildman–Crippen MR) is 117 cm³/mol. The summed E-state index contributed by atoms with van der Waals surface area (Å²) in [6.07, 6.45) is 0.653. The van der Waals surface area contributed by atoms with E-state index < -0.39 is 15.9 Å². The Kier molecular flexibility index (Phi) is 7.39. The molecule has 0 radical (unpaired) electrons.